The predicted octanol–water partition coefficient (Wildman–Crippen LogP) is 6.36. The fraction of sp³-hybridized carbons (Fsp3) is 0.143. The lowest BCUT2D eigenvalue weighted by atomic mass is 9.82. The molecule has 4 aromatic carbocycles. The number of fused-ring (bicyclic) bond motifs is 6. The van der Waals surface area contributed by atoms with Gasteiger partial charge in [-0.15, -0.1) is 0 Å². The number of hydrogen-bond donors (Lipinski definition) is 1. The number of carbonyl (C=O) groups excluding carboxylic acids is 1. The highest BCUT2D eigenvalue weighted by molar-refractivity contribution is 7.98. The Labute approximate surface area is 191 Å². The van der Waals surface area contributed by atoms with Gasteiger partial charge in [0.2, 0.25) is 0 Å². The van der Waals surface area contributed by atoms with Crippen molar-refractivity contribution in [2.75, 3.05) is 0 Å². The summed E-state index contributed by atoms with van der Waals surface area (Å²) in [5.41, 5.74) is 11.9. The fourth-order valence-corrected chi connectivity index (χ4v) is 5.85. The van der Waals surface area contributed by atoms with E-state index < -0.39 is 5.91 Å². The summed E-state index contributed by atoms with van der Waals surface area (Å²) >= 11 is 1.32. The van der Waals surface area contributed by atoms with Crippen molar-refractivity contribution in [3.05, 3.63) is 89.0 Å². The molecule has 4 heteroatoms. The van der Waals surface area contributed by atoms with Gasteiger partial charge in [0.05, 0.1) is 0 Å². The summed E-state index contributed by atoms with van der Waals surface area (Å²) in [6.45, 7) is 0. The van der Waals surface area contributed by atoms with Crippen molar-refractivity contribution >= 4 is 56.8 Å². The molecule has 6 rings (SSSR count). The fourth-order valence-electron chi connectivity index (χ4n) is 5.10. The van der Waals surface area contributed by atoms with E-state index in [1.165, 1.54) is 52.1 Å². The summed E-state index contributed by atoms with van der Waals surface area (Å²) in [6.07, 6.45) is 6.66. The van der Waals surface area contributed by atoms with Crippen molar-refractivity contribution in [1.29, 1.82) is 0 Å². The van der Waals surface area contributed by atoms with Crippen LogP contribution in [0.2, 0.25) is 0 Å². The predicted molar refractivity (Wildman–Crippen MR) is 135 cm³/mol. The van der Waals surface area contributed by atoms with Crippen LogP contribution in [0.4, 0.5) is 0 Å². The molecule has 0 saturated heterocycles. The SMILES string of the molecule is NC(=O)C1=NSc2ccccc2C=C1c1cc2ccccc2c2ccc3c(c12)CCCC3. The van der Waals surface area contributed by atoms with Crippen LogP contribution in [0.3, 0.4) is 0 Å². The van der Waals surface area contributed by atoms with E-state index in [0.29, 0.717) is 5.71 Å². The second kappa shape index (κ2) is 7.64. The third-order valence-electron chi connectivity index (χ3n) is 6.59. The Morgan fingerprint density at radius 1 is 0.906 bits per heavy atom. The molecular weight excluding hydrogens is 412 g/mol. The molecule has 0 bridgehead atoms. The lowest BCUT2D eigenvalue weighted by Crippen LogP contribution is -2.24. The zero-order valence-electron chi connectivity index (χ0n) is 17.6. The minimum Gasteiger partial charge on any atom is -0.364 e. The molecule has 2 N–H and O–H groups in total. The molecule has 1 aliphatic heterocycles. The normalized spacial score (nSPS) is 15.5. The summed E-state index contributed by atoms with van der Waals surface area (Å²) < 4.78 is 4.61. The van der Waals surface area contributed by atoms with Gasteiger partial charge < -0.3 is 5.73 Å². The summed E-state index contributed by atoms with van der Waals surface area (Å²) in [5.74, 6) is -0.498. The van der Waals surface area contributed by atoms with Gasteiger partial charge in [0, 0.05) is 22.4 Å². The Kier molecular flexibility index (Phi) is 4.62. The second-order valence-electron chi connectivity index (χ2n) is 8.47. The maximum Gasteiger partial charge on any atom is 0.268 e. The molecular formula is C28H22N2OS. The van der Waals surface area contributed by atoms with Gasteiger partial charge in [0.25, 0.3) is 5.91 Å². The van der Waals surface area contributed by atoms with Gasteiger partial charge in [-0.2, -0.15) is 0 Å². The number of amides is 1. The number of carbonyl (C=O) groups is 1. The van der Waals surface area contributed by atoms with Crippen LogP contribution in [0.5, 0.6) is 0 Å². The number of benzene rings is 4. The number of nitrogens with zero attached hydrogens (tertiary/aromatic N) is 1. The van der Waals surface area contributed by atoms with Gasteiger partial charge in [0.15, 0.2) is 0 Å². The third-order valence-corrected chi connectivity index (χ3v) is 7.43. The van der Waals surface area contributed by atoms with Crippen molar-refractivity contribution in [3.63, 3.8) is 0 Å². The zero-order chi connectivity index (χ0) is 21.7. The van der Waals surface area contributed by atoms with Crippen molar-refractivity contribution in [1.82, 2.24) is 0 Å². The summed E-state index contributed by atoms with van der Waals surface area (Å²) in [7, 11) is 0. The average Bonchev–Trinajstić information content (AvgIpc) is 3.03. The van der Waals surface area contributed by atoms with Crippen LogP contribution < -0.4 is 5.73 Å². The maximum atomic E-state index is 12.6. The number of aryl methyl sites for hydroxylation is 2. The van der Waals surface area contributed by atoms with E-state index in [9.17, 15) is 4.79 Å². The van der Waals surface area contributed by atoms with Crippen molar-refractivity contribution in [2.24, 2.45) is 10.1 Å². The minimum absolute atomic E-state index is 0.330. The summed E-state index contributed by atoms with van der Waals surface area (Å²) in [4.78, 5) is 13.6. The number of rotatable bonds is 2. The lowest BCUT2D eigenvalue weighted by Gasteiger charge is -2.22. The van der Waals surface area contributed by atoms with Crippen LogP contribution in [0, 0.1) is 0 Å². The molecule has 1 amide bonds. The van der Waals surface area contributed by atoms with Crippen LogP contribution in [0.1, 0.15) is 35.1 Å². The van der Waals surface area contributed by atoms with Gasteiger partial charge in [-0.25, -0.2) is 4.40 Å². The van der Waals surface area contributed by atoms with E-state index in [1.807, 2.05) is 18.2 Å². The molecule has 3 nitrogen and oxygen atoms in total. The first-order chi connectivity index (χ1) is 15.7. The van der Waals surface area contributed by atoms with Gasteiger partial charge in [-0.3, -0.25) is 4.79 Å². The van der Waals surface area contributed by atoms with Crippen molar-refractivity contribution < 1.29 is 4.79 Å². The molecule has 1 aliphatic carbocycles. The van der Waals surface area contributed by atoms with Crippen molar-refractivity contribution in [3.8, 4) is 0 Å². The van der Waals surface area contributed by atoms with Crippen LogP contribution in [0.25, 0.3) is 33.2 Å². The minimum atomic E-state index is -0.498. The molecule has 0 unspecified atom stereocenters. The molecule has 2 aliphatic rings. The van der Waals surface area contributed by atoms with E-state index in [2.05, 4.69) is 59.0 Å². The Bertz CT molecular complexity index is 1480. The van der Waals surface area contributed by atoms with Crippen LogP contribution in [0.15, 0.2) is 76.0 Å². The van der Waals surface area contributed by atoms with Crippen LogP contribution >= 0.6 is 11.9 Å². The second-order valence-corrected chi connectivity index (χ2v) is 9.27. The lowest BCUT2D eigenvalue weighted by molar-refractivity contribution is -0.111. The monoisotopic (exact) mass is 434 g/mol. The van der Waals surface area contributed by atoms with Gasteiger partial charge in [0.1, 0.15) is 5.71 Å². The molecule has 0 saturated carbocycles. The highest BCUT2D eigenvalue weighted by atomic mass is 32.2. The van der Waals surface area contributed by atoms with E-state index in [-0.39, 0.29) is 0 Å². The smallest absolute Gasteiger partial charge is 0.268 e. The number of nitrogens with two attached hydrogens (primary N) is 1. The first-order valence-electron chi connectivity index (χ1n) is 11.0. The average molecular weight is 435 g/mol. The van der Waals surface area contributed by atoms with E-state index in [4.69, 9.17) is 5.73 Å². The van der Waals surface area contributed by atoms with E-state index in [1.54, 1.807) is 0 Å². The Balaban J connectivity index is 1.76. The molecule has 0 fully saturated rings. The third kappa shape index (κ3) is 3.06. The molecule has 1 heterocycles. The van der Waals surface area contributed by atoms with Gasteiger partial charge in [-0.05, 0) is 87.7 Å². The molecule has 0 radical (unpaired) electrons. The highest BCUT2D eigenvalue weighted by Crippen LogP contribution is 2.41. The zero-order valence-corrected chi connectivity index (χ0v) is 18.4. The summed E-state index contributed by atoms with van der Waals surface area (Å²) in [5, 5.41) is 4.86. The van der Waals surface area contributed by atoms with Crippen LogP contribution in [-0.2, 0) is 17.6 Å². The van der Waals surface area contributed by atoms with E-state index >= 15 is 0 Å². The Morgan fingerprint density at radius 2 is 1.72 bits per heavy atom. The quantitative estimate of drug-likeness (QED) is 0.295. The molecule has 0 spiro atoms. The Morgan fingerprint density at radius 3 is 2.62 bits per heavy atom. The molecule has 32 heavy (non-hydrogen) atoms. The standard InChI is InChI=1S/C28H22N2OS/c29-28(31)27-24(16-19-9-3-6-12-25(19)32-30-27)23-15-18-8-2-4-10-20(18)22-14-13-17-7-1-5-11-21(17)26(22)23/h2-4,6,8-10,12-16H,1,5,7,11H2,(H2,29,31). The largest absolute Gasteiger partial charge is 0.364 e. The maximum absolute atomic E-state index is 12.6. The molecule has 156 valence electrons. The molecule has 0 atom stereocenters. The first kappa shape index (κ1) is 19.3. The topological polar surface area (TPSA) is 55.5 Å². The number of hydrogen-bond acceptors (Lipinski definition) is 3. The summed E-state index contributed by atoms with van der Waals surface area (Å²) in [6, 6.07) is 23.4. The highest BCUT2D eigenvalue weighted by Gasteiger charge is 2.24. The molecule has 0 aromatic heterocycles. The first-order valence-corrected chi connectivity index (χ1v) is 11.8. The Hall–Kier alpha value is -3.37. The van der Waals surface area contributed by atoms with Crippen molar-refractivity contribution in [2.45, 2.75) is 30.6 Å². The van der Waals surface area contributed by atoms with E-state index in [0.717, 1.165) is 39.8 Å². The van der Waals surface area contributed by atoms with Gasteiger partial charge >= 0.3 is 0 Å². The molecule has 4 aromatic rings. The number of primary amides is 1. The van der Waals surface area contributed by atoms with Crippen LogP contribution in [-0.4, -0.2) is 11.6 Å². The van der Waals surface area contributed by atoms with Gasteiger partial charge in [-0.1, -0.05) is 54.6 Å².